The molecule has 0 fully saturated rings. The normalized spacial score (nSPS) is 14.2. The van der Waals surface area contributed by atoms with Crippen LogP contribution in [0, 0.1) is 0 Å². The average molecular weight is 451 g/mol. The third-order valence-electron chi connectivity index (χ3n) is 5.02. The van der Waals surface area contributed by atoms with Gasteiger partial charge >= 0.3 is 5.97 Å². The van der Waals surface area contributed by atoms with Crippen molar-refractivity contribution in [3.8, 4) is 0 Å². The molecule has 0 atom stereocenters. The molecule has 0 saturated heterocycles. The third-order valence-corrected chi connectivity index (χ3v) is 7.88. The van der Waals surface area contributed by atoms with Crippen LogP contribution in [0.5, 0.6) is 0 Å². The molecule has 2 heterocycles. The smallest absolute Gasteiger partial charge is 0.341 e. The van der Waals surface area contributed by atoms with Gasteiger partial charge in [0.2, 0.25) is 5.91 Å². The summed E-state index contributed by atoms with van der Waals surface area (Å²) in [7, 11) is -3.55. The first-order valence-corrected chi connectivity index (χ1v) is 12.4. The molecule has 30 heavy (non-hydrogen) atoms. The van der Waals surface area contributed by atoms with Gasteiger partial charge in [-0.1, -0.05) is 25.1 Å². The Morgan fingerprint density at radius 1 is 1.20 bits per heavy atom. The van der Waals surface area contributed by atoms with Crippen molar-refractivity contribution in [2.45, 2.75) is 38.1 Å². The number of carbonyl (C=O) groups is 2. The van der Waals surface area contributed by atoms with Gasteiger partial charge in [0.15, 0.2) is 9.84 Å². The minimum Gasteiger partial charge on any atom is -0.462 e. The summed E-state index contributed by atoms with van der Waals surface area (Å²) < 4.78 is 30.0. The molecule has 1 N–H and O–H groups in total. The zero-order valence-corrected chi connectivity index (χ0v) is 18.8. The van der Waals surface area contributed by atoms with Crippen molar-refractivity contribution in [3.63, 3.8) is 0 Å². The second kappa shape index (κ2) is 9.72. The number of ether oxygens (including phenoxy) is 1. The zero-order valence-electron chi connectivity index (χ0n) is 17.1. The van der Waals surface area contributed by atoms with Gasteiger partial charge in [-0.2, -0.15) is 0 Å². The third kappa shape index (κ3) is 5.08. The number of amides is 1. The van der Waals surface area contributed by atoms with Crippen LogP contribution < -0.4 is 5.32 Å². The van der Waals surface area contributed by atoms with Crippen LogP contribution in [0.3, 0.4) is 0 Å². The first kappa shape index (κ1) is 22.5. The van der Waals surface area contributed by atoms with Gasteiger partial charge in [0, 0.05) is 24.4 Å². The van der Waals surface area contributed by atoms with Crippen molar-refractivity contribution in [2.24, 2.45) is 0 Å². The van der Waals surface area contributed by atoms with Crippen LogP contribution >= 0.6 is 11.3 Å². The van der Waals surface area contributed by atoms with Gasteiger partial charge in [-0.15, -0.1) is 11.3 Å². The first-order valence-electron chi connectivity index (χ1n) is 9.97. The average Bonchev–Trinajstić information content (AvgIpc) is 3.10. The van der Waals surface area contributed by atoms with Gasteiger partial charge in [0.05, 0.1) is 22.8 Å². The highest BCUT2D eigenvalue weighted by atomic mass is 32.2. The summed E-state index contributed by atoms with van der Waals surface area (Å²) >= 11 is 1.37. The van der Waals surface area contributed by atoms with Gasteiger partial charge in [-0.25, -0.2) is 13.2 Å². The van der Waals surface area contributed by atoms with Crippen LogP contribution in [0.15, 0.2) is 35.2 Å². The number of likely N-dealkylation sites (N-methyl/N-ethyl adjacent to an activating group) is 1. The van der Waals surface area contributed by atoms with Crippen molar-refractivity contribution in [2.75, 3.05) is 30.8 Å². The van der Waals surface area contributed by atoms with Gasteiger partial charge in [0.25, 0.3) is 0 Å². The Hall–Kier alpha value is -2.23. The molecular weight excluding hydrogens is 424 g/mol. The molecule has 9 heteroatoms. The summed E-state index contributed by atoms with van der Waals surface area (Å²) in [6, 6.07) is 8.06. The van der Waals surface area contributed by atoms with Crippen molar-refractivity contribution in [1.29, 1.82) is 0 Å². The van der Waals surface area contributed by atoms with E-state index < -0.39 is 21.7 Å². The van der Waals surface area contributed by atoms with E-state index in [-0.39, 0.29) is 23.7 Å². The number of rotatable bonds is 8. The van der Waals surface area contributed by atoms with E-state index in [4.69, 9.17) is 4.74 Å². The maximum Gasteiger partial charge on any atom is 0.341 e. The van der Waals surface area contributed by atoms with Gasteiger partial charge in [0.1, 0.15) is 5.00 Å². The molecule has 162 valence electrons. The number of carbonyl (C=O) groups excluding carboxylic acids is 2. The molecule has 0 radical (unpaired) electrons. The monoisotopic (exact) mass is 450 g/mol. The highest BCUT2D eigenvalue weighted by Crippen LogP contribution is 2.37. The first-order chi connectivity index (χ1) is 14.4. The second-order valence-corrected chi connectivity index (χ2v) is 10.2. The Morgan fingerprint density at radius 2 is 1.93 bits per heavy atom. The summed E-state index contributed by atoms with van der Waals surface area (Å²) in [5.41, 5.74) is 1.34. The molecule has 0 saturated carbocycles. The van der Waals surface area contributed by atoms with Crippen molar-refractivity contribution in [3.05, 3.63) is 46.3 Å². The molecular formula is C21H26N2O5S2. The lowest BCUT2D eigenvalue weighted by molar-refractivity contribution is -0.115. The molecule has 7 nitrogen and oxygen atoms in total. The number of fused-ring (bicyclic) bond motifs is 1. The molecule has 0 spiro atoms. The SMILES string of the molecule is CCOC(=O)c1c(NC(=O)CCS(=O)(=O)c2ccccc2)sc2c1CCN(CC)C2. The van der Waals surface area contributed by atoms with Gasteiger partial charge < -0.3 is 10.1 Å². The maximum absolute atomic E-state index is 12.6. The van der Waals surface area contributed by atoms with E-state index in [1.54, 1.807) is 25.1 Å². The Balaban J connectivity index is 1.76. The largest absolute Gasteiger partial charge is 0.462 e. The molecule has 1 amide bonds. The summed E-state index contributed by atoms with van der Waals surface area (Å²) in [4.78, 5) is 28.6. The molecule has 1 aliphatic heterocycles. The fraction of sp³-hybridized carbons (Fsp3) is 0.429. The molecule has 1 aliphatic rings. The molecule has 3 rings (SSSR count). The number of hydrogen-bond acceptors (Lipinski definition) is 7. The lowest BCUT2D eigenvalue weighted by atomic mass is 10.0. The number of nitrogens with one attached hydrogen (secondary N) is 1. The Bertz CT molecular complexity index is 1020. The number of sulfone groups is 1. The van der Waals surface area contributed by atoms with Crippen LogP contribution in [0.4, 0.5) is 5.00 Å². The summed E-state index contributed by atoms with van der Waals surface area (Å²) in [5.74, 6) is -1.19. The minimum atomic E-state index is -3.55. The predicted octanol–water partition coefficient (Wildman–Crippen LogP) is 3.11. The topological polar surface area (TPSA) is 92.8 Å². The van der Waals surface area contributed by atoms with Crippen LogP contribution in [0.25, 0.3) is 0 Å². The Morgan fingerprint density at radius 3 is 2.60 bits per heavy atom. The van der Waals surface area contributed by atoms with Gasteiger partial charge in [-0.3, -0.25) is 9.69 Å². The zero-order chi connectivity index (χ0) is 21.7. The summed E-state index contributed by atoms with van der Waals surface area (Å²) in [5, 5.41) is 3.20. The number of nitrogens with zero attached hydrogens (tertiary/aromatic N) is 1. The van der Waals surface area contributed by atoms with E-state index in [1.807, 2.05) is 0 Å². The molecule has 0 unspecified atom stereocenters. The van der Waals surface area contributed by atoms with Crippen LogP contribution in [0.1, 0.15) is 41.1 Å². The van der Waals surface area contributed by atoms with Crippen LogP contribution in [0.2, 0.25) is 0 Å². The Kier molecular flexibility index (Phi) is 7.27. The highest BCUT2D eigenvalue weighted by molar-refractivity contribution is 7.91. The van der Waals surface area contributed by atoms with Gasteiger partial charge in [-0.05, 0) is 37.6 Å². The number of benzene rings is 1. The van der Waals surface area contributed by atoms with E-state index in [9.17, 15) is 18.0 Å². The standard InChI is InChI=1S/C21H26N2O5S2/c1-3-23-12-10-16-17(14-23)29-20(19(16)21(25)28-4-2)22-18(24)11-13-30(26,27)15-8-6-5-7-9-15/h5-9H,3-4,10-14H2,1-2H3,(H,22,24). The number of hydrogen-bond donors (Lipinski definition) is 1. The molecule has 1 aromatic carbocycles. The molecule has 1 aromatic heterocycles. The Labute approximate surface area is 181 Å². The lowest BCUT2D eigenvalue weighted by Gasteiger charge is -2.25. The van der Waals surface area contributed by atoms with Crippen molar-refractivity contribution >= 4 is 38.1 Å². The van der Waals surface area contributed by atoms with E-state index in [0.717, 1.165) is 30.1 Å². The fourth-order valence-corrected chi connectivity index (χ4v) is 5.95. The molecule has 0 aliphatic carbocycles. The van der Waals surface area contributed by atoms with Crippen LogP contribution in [-0.4, -0.2) is 50.6 Å². The quantitative estimate of drug-likeness (QED) is 0.621. The number of esters is 1. The second-order valence-electron chi connectivity index (χ2n) is 6.98. The fourth-order valence-electron chi connectivity index (χ4n) is 3.40. The maximum atomic E-state index is 12.6. The van der Waals surface area contributed by atoms with E-state index >= 15 is 0 Å². The van der Waals surface area contributed by atoms with Crippen LogP contribution in [-0.2, 0) is 32.3 Å². The van der Waals surface area contributed by atoms with E-state index in [0.29, 0.717) is 17.0 Å². The minimum absolute atomic E-state index is 0.191. The predicted molar refractivity (Wildman–Crippen MR) is 117 cm³/mol. The summed E-state index contributed by atoms with van der Waals surface area (Å²) in [6.07, 6.45) is 0.523. The van der Waals surface area contributed by atoms with Crippen molar-refractivity contribution < 1.29 is 22.7 Å². The van der Waals surface area contributed by atoms with E-state index in [1.165, 1.54) is 23.5 Å². The molecule has 0 bridgehead atoms. The lowest BCUT2D eigenvalue weighted by Crippen LogP contribution is -2.30. The number of anilines is 1. The highest BCUT2D eigenvalue weighted by Gasteiger charge is 2.29. The van der Waals surface area contributed by atoms with E-state index in [2.05, 4.69) is 17.1 Å². The van der Waals surface area contributed by atoms with Crippen molar-refractivity contribution in [1.82, 2.24) is 4.90 Å². The molecule has 2 aromatic rings. The summed E-state index contributed by atoms with van der Waals surface area (Å²) in [6.45, 7) is 6.54. The number of thiophene rings is 1.